The van der Waals surface area contributed by atoms with Gasteiger partial charge in [-0.1, -0.05) is 19.9 Å². The van der Waals surface area contributed by atoms with Gasteiger partial charge in [-0.05, 0) is 51.6 Å². The van der Waals surface area contributed by atoms with E-state index in [2.05, 4.69) is 39.4 Å². The van der Waals surface area contributed by atoms with Crippen LogP contribution in [-0.2, 0) is 13.1 Å². The molecule has 2 N–H and O–H groups in total. The molecular formula is C23H38IN5O3. The highest BCUT2D eigenvalue weighted by atomic mass is 127. The van der Waals surface area contributed by atoms with Crippen LogP contribution in [0.5, 0.6) is 11.5 Å². The first-order valence-corrected chi connectivity index (χ1v) is 11.0. The van der Waals surface area contributed by atoms with E-state index in [-0.39, 0.29) is 24.0 Å². The van der Waals surface area contributed by atoms with Crippen LogP contribution in [0.25, 0.3) is 0 Å². The Kier molecular flexibility index (Phi) is 13.1. The lowest BCUT2D eigenvalue weighted by Crippen LogP contribution is -2.36. The molecule has 0 atom stereocenters. The molecule has 1 aromatic carbocycles. The van der Waals surface area contributed by atoms with E-state index < -0.39 is 0 Å². The van der Waals surface area contributed by atoms with Gasteiger partial charge >= 0.3 is 0 Å². The summed E-state index contributed by atoms with van der Waals surface area (Å²) in [6.07, 6.45) is 0. The highest BCUT2D eigenvalue weighted by molar-refractivity contribution is 14.0. The number of aromatic nitrogens is 1. The molecule has 9 heteroatoms. The number of halogens is 1. The highest BCUT2D eigenvalue weighted by Crippen LogP contribution is 2.28. The molecule has 0 aliphatic heterocycles. The van der Waals surface area contributed by atoms with Crippen molar-refractivity contribution in [2.75, 3.05) is 39.9 Å². The minimum Gasteiger partial charge on any atom is -0.493 e. The SMILES string of the molecule is CCNC(=NCc1ccc(OCCN(CC)CC)c(OC)c1)NCc1nc(C)c(C)o1.I. The molecule has 0 aliphatic carbocycles. The molecule has 0 unspecified atom stereocenters. The van der Waals surface area contributed by atoms with Gasteiger partial charge in [0.1, 0.15) is 12.4 Å². The zero-order valence-corrected chi connectivity index (χ0v) is 22.5. The standard InChI is InChI=1S/C23H37N5O3.HI/c1-7-24-23(26-16-22-27-17(4)18(5)31-22)25-15-19-10-11-20(21(14-19)29-6)30-13-12-28(8-2)9-3;/h10-11,14H,7-9,12-13,15-16H2,1-6H3,(H2,24,25,26);1H. The average Bonchev–Trinajstić information content (AvgIpc) is 3.10. The number of nitrogens with zero attached hydrogens (tertiary/aromatic N) is 3. The lowest BCUT2D eigenvalue weighted by molar-refractivity contribution is 0.217. The Morgan fingerprint density at radius 1 is 1.12 bits per heavy atom. The largest absolute Gasteiger partial charge is 0.493 e. The Labute approximate surface area is 209 Å². The summed E-state index contributed by atoms with van der Waals surface area (Å²) in [5.41, 5.74) is 1.94. The molecule has 180 valence electrons. The van der Waals surface area contributed by atoms with Crippen molar-refractivity contribution in [2.24, 2.45) is 4.99 Å². The van der Waals surface area contributed by atoms with Crippen molar-refractivity contribution in [3.8, 4) is 11.5 Å². The number of benzene rings is 1. The van der Waals surface area contributed by atoms with Crippen LogP contribution in [-0.4, -0.2) is 55.7 Å². The van der Waals surface area contributed by atoms with Gasteiger partial charge in [-0.15, -0.1) is 24.0 Å². The van der Waals surface area contributed by atoms with Gasteiger partial charge in [-0.25, -0.2) is 9.98 Å². The number of oxazole rings is 1. The predicted molar refractivity (Wildman–Crippen MR) is 139 cm³/mol. The van der Waals surface area contributed by atoms with Gasteiger partial charge in [-0.3, -0.25) is 0 Å². The van der Waals surface area contributed by atoms with Crippen molar-refractivity contribution < 1.29 is 13.9 Å². The summed E-state index contributed by atoms with van der Waals surface area (Å²) >= 11 is 0. The van der Waals surface area contributed by atoms with E-state index in [0.717, 1.165) is 54.7 Å². The monoisotopic (exact) mass is 559 g/mol. The summed E-state index contributed by atoms with van der Waals surface area (Å²) in [5.74, 6) is 3.66. The van der Waals surface area contributed by atoms with Gasteiger partial charge in [0, 0.05) is 13.1 Å². The highest BCUT2D eigenvalue weighted by Gasteiger charge is 2.09. The number of hydrogen-bond donors (Lipinski definition) is 2. The summed E-state index contributed by atoms with van der Waals surface area (Å²) in [7, 11) is 1.66. The van der Waals surface area contributed by atoms with E-state index in [1.807, 2.05) is 39.0 Å². The van der Waals surface area contributed by atoms with E-state index in [1.54, 1.807) is 7.11 Å². The lowest BCUT2D eigenvalue weighted by atomic mass is 10.2. The maximum absolute atomic E-state index is 5.94. The molecule has 0 saturated heterocycles. The third-order valence-corrected chi connectivity index (χ3v) is 5.03. The maximum Gasteiger partial charge on any atom is 0.214 e. The minimum absolute atomic E-state index is 0. The van der Waals surface area contributed by atoms with Crippen LogP contribution in [0.1, 0.15) is 43.7 Å². The molecular weight excluding hydrogens is 521 g/mol. The van der Waals surface area contributed by atoms with Gasteiger partial charge in [0.05, 0.1) is 25.9 Å². The summed E-state index contributed by atoms with van der Waals surface area (Å²) in [6.45, 7) is 15.5. The summed E-state index contributed by atoms with van der Waals surface area (Å²) in [6, 6.07) is 5.94. The Morgan fingerprint density at radius 3 is 2.47 bits per heavy atom. The first-order valence-electron chi connectivity index (χ1n) is 11.0. The van der Waals surface area contributed by atoms with Gasteiger partial charge in [-0.2, -0.15) is 0 Å². The molecule has 0 radical (unpaired) electrons. The molecule has 0 spiro atoms. The molecule has 1 heterocycles. The number of likely N-dealkylation sites (N-methyl/N-ethyl adjacent to an activating group) is 1. The van der Waals surface area contributed by atoms with E-state index in [1.165, 1.54) is 0 Å². The molecule has 0 fully saturated rings. The fraction of sp³-hybridized carbons (Fsp3) is 0.565. The van der Waals surface area contributed by atoms with Crippen LogP contribution in [0.4, 0.5) is 0 Å². The number of aliphatic imine (C=N–C) groups is 1. The smallest absolute Gasteiger partial charge is 0.214 e. The first-order chi connectivity index (χ1) is 15.0. The molecule has 2 aromatic rings. The lowest BCUT2D eigenvalue weighted by Gasteiger charge is -2.19. The van der Waals surface area contributed by atoms with Crippen LogP contribution < -0.4 is 20.1 Å². The van der Waals surface area contributed by atoms with Crippen LogP contribution >= 0.6 is 24.0 Å². The van der Waals surface area contributed by atoms with Crippen molar-refractivity contribution in [3.05, 3.63) is 41.1 Å². The summed E-state index contributed by atoms with van der Waals surface area (Å²) in [5, 5.41) is 6.50. The average molecular weight is 559 g/mol. The molecule has 0 amide bonds. The second-order valence-corrected chi connectivity index (χ2v) is 7.16. The fourth-order valence-electron chi connectivity index (χ4n) is 3.04. The van der Waals surface area contributed by atoms with Crippen molar-refractivity contribution in [2.45, 2.75) is 47.7 Å². The number of aryl methyl sites for hydroxylation is 2. The summed E-state index contributed by atoms with van der Waals surface area (Å²) < 4.78 is 17.1. The molecule has 32 heavy (non-hydrogen) atoms. The summed E-state index contributed by atoms with van der Waals surface area (Å²) in [4.78, 5) is 11.4. The second kappa shape index (κ2) is 14.9. The topological polar surface area (TPSA) is 84.2 Å². The van der Waals surface area contributed by atoms with Crippen molar-refractivity contribution in [3.63, 3.8) is 0 Å². The van der Waals surface area contributed by atoms with Crippen molar-refractivity contribution >= 4 is 29.9 Å². The van der Waals surface area contributed by atoms with E-state index in [9.17, 15) is 0 Å². The molecule has 1 aromatic heterocycles. The number of guanidine groups is 1. The molecule has 0 bridgehead atoms. The minimum atomic E-state index is 0. The van der Waals surface area contributed by atoms with Gasteiger partial charge in [0.15, 0.2) is 17.5 Å². The van der Waals surface area contributed by atoms with Crippen LogP contribution in [0, 0.1) is 13.8 Å². The maximum atomic E-state index is 5.94. The van der Waals surface area contributed by atoms with Crippen LogP contribution in [0.15, 0.2) is 27.6 Å². The number of hydrogen-bond acceptors (Lipinski definition) is 6. The van der Waals surface area contributed by atoms with Gasteiger partial charge < -0.3 is 29.4 Å². The number of rotatable bonds is 12. The fourth-order valence-corrected chi connectivity index (χ4v) is 3.04. The molecule has 0 saturated carbocycles. The third-order valence-electron chi connectivity index (χ3n) is 5.03. The van der Waals surface area contributed by atoms with Crippen LogP contribution in [0.3, 0.4) is 0 Å². The molecule has 8 nitrogen and oxygen atoms in total. The normalized spacial score (nSPS) is 11.3. The Bertz CT molecular complexity index is 818. The van der Waals surface area contributed by atoms with E-state index >= 15 is 0 Å². The van der Waals surface area contributed by atoms with E-state index in [4.69, 9.17) is 13.9 Å². The second-order valence-electron chi connectivity index (χ2n) is 7.16. The number of nitrogens with one attached hydrogen (secondary N) is 2. The van der Waals surface area contributed by atoms with Crippen molar-refractivity contribution in [1.82, 2.24) is 20.5 Å². The molecule has 0 aliphatic rings. The van der Waals surface area contributed by atoms with Gasteiger partial charge in [0.2, 0.25) is 5.89 Å². The Morgan fingerprint density at radius 2 is 1.88 bits per heavy atom. The third kappa shape index (κ3) is 8.85. The number of ether oxygens (including phenoxy) is 2. The predicted octanol–water partition coefficient (Wildman–Crippen LogP) is 3.89. The Balaban J connectivity index is 0.00000512. The first kappa shape index (κ1) is 28.0. The quantitative estimate of drug-likeness (QED) is 0.232. The Hall–Kier alpha value is -2.01. The number of methoxy groups -OCH3 is 1. The van der Waals surface area contributed by atoms with Crippen LogP contribution in [0.2, 0.25) is 0 Å². The zero-order chi connectivity index (χ0) is 22.6. The zero-order valence-electron chi connectivity index (χ0n) is 20.2. The van der Waals surface area contributed by atoms with Gasteiger partial charge in [0.25, 0.3) is 0 Å². The molecule has 2 rings (SSSR count). The van der Waals surface area contributed by atoms with E-state index in [0.29, 0.717) is 31.5 Å². The van der Waals surface area contributed by atoms with Crippen molar-refractivity contribution in [1.29, 1.82) is 0 Å².